The van der Waals surface area contributed by atoms with Crippen molar-refractivity contribution < 1.29 is 14.5 Å². The molecule has 0 fully saturated rings. The summed E-state index contributed by atoms with van der Waals surface area (Å²) in [7, 11) is 0. The van der Waals surface area contributed by atoms with Gasteiger partial charge in [-0.25, -0.2) is 0 Å². The van der Waals surface area contributed by atoms with Gasteiger partial charge < -0.3 is 10.1 Å². The lowest BCUT2D eigenvalue weighted by atomic mass is 10.1. The predicted molar refractivity (Wildman–Crippen MR) is 81.0 cm³/mol. The number of nitro benzene ring substituents is 1. The molecule has 1 aliphatic heterocycles. The molecule has 1 aliphatic rings. The number of nitrogens with one attached hydrogen (secondary N) is 1. The third-order valence-electron chi connectivity index (χ3n) is 3.63. The molecule has 0 aromatic heterocycles. The smallest absolute Gasteiger partial charge is 0.271 e. The van der Waals surface area contributed by atoms with Crippen molar-refractivity contribution in [3.63, 3.8) is 0 Å². The average Bonchev–Trinajstić information content (AvgIpc) is 2.93. The number of carbonyl (C=O) groups excluding carboxylic acids is 1. The van der Waals surface area contributed by atoms with Gasteiger partial charge >= 0.3 is 0 Å². The summed E-state index contributed by atoms with van der Waals surface area (Å²) in [5.41, 5.74) is 2.11. The zero-order valence-corrected chi connectivity index (χ0v) is 11.9. The molecule has 1 N–H and O–H groups in total. The Morgan fingerprint density at radius 3 is 2.82 bits per heavy atom. The molecule has 0 aliphatic carbocycles. The number of amides is 1. The van der Waals surface area contributed by atoms with E-state index in [0.29, 0.717) is 17.9 Å². The molecular formula is C16H14N2O4. The SMILES string of the molecule is Cc1ccc([N+](=O)[O-])cc1NC(=O)[C@H]1Cc2ccccc2O1. The third kappa shape index (κ3) is 2.63. The van der Waals surface area contributed by atoms with Gasteiger partial charge in [-0.05, 0) is 24.1 Å². The Morgan fingerprint density at radius 2 is 2.09 bits per heavy atom. The summed E-state index contributed by atoms with van der Waals surface area (Å²) in [6.07, 6.45) is -0.119. The largest absolute Gasteiger partial charge is 0.480 e. The van der Waals surface area contributed by atoms with E-state index in [9.17, 15) is 14.9 Å². The molecule has 0 saturated heterocycles. The maximum absolute atomic E-state index is 12.3. The van der Waals surface area contributed by atoms with E-state index < -0.39 is 11.0 Å². The molecule has 0 spiro atoms. The Labute approximate surface area is 126 Å². The highest BCUT2D eigenvalue weighted by Crippen LogP contribution is 2.29. The first-order chi connectivity index (χ1) is 10.5. The molecular weight excluding hydrogens is 284 g/mol. The number of anilines is 1. The van der Waals surface area contributed by atoms with Crippen LogP contribution in [0.25, 0.3) is 0 Å². The second-order valence-electron chi connectivity index (χ2n) is 5.16. The maximum atomic E-state index is 12.3. The lowest BCUT2D eigenvalue weighted by Crippen LogP contribution is -2.31. The molecule has 6 nitrogen and oxygen atoms in total. The third-order valence-corrected chi connectivity index (χ3v) is 3.63. The topological polar surface area (TPSA) is 81.5 Å². The number of hydrogen-bond acceptors (Lipinski definition) is 4. The van der Waals surface area contributed by atoms with Crippen LogP contribution in [0.5, 0.6) is 5.75 Å². The van der Waals surface area contributed by atoms with Crippen LogP contribution in [0.4, 0.5) is 11.4 Å². The number of carbonyl (C=O) groups is 1. The fourth-order valence-corrected chi connectivity index (χ4v) is 2.40. The Hall–Kier alpha value is -2.89. The second-order valence-corrected chi connectivity index (χ2v) is 5.16. The van der Waals surface area contributed by atoms with Crippen LogP contribution in [0.1, 0.15) is 11.1 Å². The summed E-state index contributed by atoms with van der Waals surface area (Å²) in [5.74, 6) is 0.401. The lowest BCUT2D eigenvalue weighted by Gasteiger charge is -2.13. The van der Waals surface area contributed by atoms with Crippen molar-refractivity contribution in [2.24, 2.45) is 0 Å². The van der Waals surface area contributed by atoms with Crippen LogP contribution < -0.4 is 10.1 Å². The molecule has 22 heavy (non-hydrogen) atoms. The molecule has 6 heteroatoms. The number of hydrogen-bond donors (Lipinski definition) is 1. The van der Waals surface area contributed by atoms with Gasteiger partial charge in [0.05, 0.1) is 10.6 Å². The predicted octanol–water partition coefficient (Wildman–Crippen LogP) is 2.85. The number of benzene rings is 2. The minimum atomic E-state index is -0.615. The van der Waals surface area contributed by atoms with Crippen LogP contribution in [0, 0.1) is 17.0 Å². The van der Waals surface area contributed by atoms with Crippen LogP contribution in [-0.2, 0) is 11.2 Å². The van der Waals surface area contributed by atoms with Crippen molar-refractivity contribution in [3.8, 4) is 5.75 Å². The fraction of sp³-hybridized carbons (Fsp3) is 0.188. The van der Waals surface area contributed by atoms with E-state index >= 15 is 0 Å². The first-order valence-corrected chi connectivity index (χ1v) is 6.85. The Kier molecular flexibility index (Phi) is 3.50. The Morgan fingerprint density at radius 1 is 1.32 bits per heavy atom. The van der Waals surface area contributed by atoms with Crippen molar-refractivity contribution >= 4 is 17.3 Å². The minimum Gasteiger partial charge on any atom is -0.480 e. The van der Waals surface area contributed by atoms with Crippen molar-refractivity contribution in [2.75, 3.05) is 5.32 Å². The van der Waals surface area contributed by atoms with Gasteiger partial charge in [-0.15, -0.1) is 0 Å². The van der Waals surface area contributed by atoms with Gasteiger partial charge in [-0.1, -0.05) is 24.3 Å². The molecule has 2 aromatic rings. The highest BCUT2D eigenvalue weighted by atomic mass is 16.6. The molecule has 2 aromatic carbocycles. The molecule has 1 atom stereocenters. The number of para-hydroxylation sites is 1. The summed E-state index contributed by atoms with van der Waals surface area (Å²) in [4.78, 5) is 22.6. The van der Waals surface area contributed by atoms with Gasteiger partial charge in [0.2, 0.25) is 0 Å². The van der Waals surface area contributed by atoms with Gasteiger partial charge in [-0.3, -0.25) is 14.9 Å². The standard InChI is InChI=1S/C16H14N2O4/c1-10-6-7-12(18(20)21)9-13(10)17-16(19)15-8-11-4-2-3-5-14(11)22-15/h2-7,9,15H,8H2,1H3,(H,17,19)/t15-/m1/s1. The highest BCUT2D eigenvalue weighted by molar-refractivity contribution is 5.96. The number of ether oxygens (including phenoxy) is 1. The normalized spacial score (nSPS) is 15.8. The van der Waals surface area contributed by atoms with Crippen molar-refractivity contribution in [2.45, 2.75) is 19.4 Å². The monoisotopic (exact) mass is 298 g/mol. The zero-order chi connectivity index (χ0) is 15.7. The maximum Gasteiger partial charge on any atom is 0.271 e. The van der Waals surface area contributed by atoms with Crippen LogP contribution in [-0.4, -0.2) is 16.9 Å². The molecule has 112 valence electrons. The van der Waals surface area contributed by atoms with E-state index in [1.165, 1.54) is 12.1 Å². The zero-order valence-electron chi connectivity index (χ0n) is 11.9. The number of non-ortho nitro benzene ring substituents is 1. The van der Waals surface area contributed by atoms with Gasteiger partial charge in [0.1, 0.15) is 5.75 Å². The van der Waals surface area contributed by atoms with E-state index in [-0.39, 0.29) is 11.6 Å². The van der Waals surface area contributed by atoms with E-state index in [1.54, 1.807) is 13.0 Å². The van der Waals surface area contributed by atoms with E-state index in [2.05, 4.69) is 5.32 Å². The first kappa shape index (κ1) is 14.1. The average molecular weight is 298 g/mol. The van der Waals surface area contributed by atoms with Crippen LogP contribution in [0.3, 0.4) is 0 Å². The van der Waals surface area contributed by atoms with Gasteiger partial charge in [0.15, 0.2) is 6.10 Å². The summed E-state index contributed by atoms with van der Waals surface area (Å²) in [6.45, 7) is 1.78. The fourth-order valence-electron chi connectivity index (χ4n) is 2.40. The summed E-state index contributed by atoms with van der Waals surface area (Å²) in [6, 6.07) is 11.9. The molecule has 1 heterocycles. The lowest BCUT2D eigenvalue weighted by molar-refractivity contribution is -0.384. The van der Waals surface area contributed by atoms with Crippen molar-refractivity contribution in [3.05, 3.63) is 63.7 Å². The molecule has 0 unspecified atom stereocenters. The minimum absolute atomic E-state index is 0.0588. The van der Waals surface area contributed by atoms with E-state index in [4.69, 9.17) is 4.74 Å². The van der Waals surface area contributed by atoms with Crippen LogP contribution >= 0.6 is 0 Å². The summed E-state index contributed by atoms with van der Waals surface area (Å²) in [5, 5.41) is 13.5. The van der Waals surface area contributed by atoms with Crippen LogP contribution in [0.15, 0.2) is 42.5 Å². The molecule has 0 bridgehead atoms. The Balaban J connectivity index is 1.76. The first-order valence-electron chi connectivity index (χ1n) is 6.85. The number of nitro groups is 1. The van der Waals surface area contributed by atoms with Gasteiger partial charge in [-0.2, -0.15) is 0 Å². The number of rotatable bonds is 3. The Bertz CT molecular complexity index is 733. The number of nitrogens with zero attached hydrogens (tertiary/aromatic N) is 1. The molecule has 1 amide bonds. The molecule has 0 radical (unpaired) electrons. The number of aryl methyl sites for hydroxylation is 1. The summed E-state index contributed by atoms with van der Waals surface area (Å²) < 4.78 is 5.61. The quantitative estimate of drug-likeness (QED) is 0.698. The van der Waals surface area contributed by atoms with Gasteiger partial charge in [0.25, 0.3) is 11.6 Å². The van der Waals surface area contributed by atoms with Crippen molar-refractivity contribution in [1.82, 2.24) is 0 Å². The number of fused-ring (bicyclic) bond motifs is 1. The second kappa shape index (κ2) is 5.48. The highest BCUT2D eigenvalue weighted by Gasteiger charge is 2.29. The molecule has 3 rings (SSSR count). The van der Waals surface area contributed by atoms with Crippen molar-refractivity contribution in [1.29, 1.82) is 0 Å². The molecule has 0 saturated carbocycles. The van der Waals surface area contributed by atoms with E-state index in [0.717, 1.165) is 11.1 Å². The summed E-state index contributed by atoms with van der Waals surface area (Å²) >= 11 is 0. The van der Waals surface area contributed by atoms with Gasteiger partial charge in [0, 0.05) is 18.6 Å². The van der Waals surface area contributed by atoms with Crippen LogP contribution in [0.2, 0.25) is 0 Å². The van der Waals surface area contributed by atoms with E-state index in [1.807, 2.05) is 24.3 Å².